The lowest BCUT2D eigenvalue weighted by molar-refractivity contribution is -0.120. The van der Waals surface area contributed by atoms with E-state index in [9.17, 15) is 4.79 Å². The standard InChI is InChI=1S/C17H19BrN2O/c18-15-6-8-16(9-7-15)19-13-11-17(21)20-12-10-14-4-2-1-3-5-14/h1-9,19H,10-13H2,(H,20,21). The van der Waals surface area contributed by atoms with Gasteiger partial charge in [0.2, 0.25) is 5.91 Å². The highest BCUT2D eigenvalue weighted by molar-refractivity contribution is 9.10. The van der Waals surface area contributed by atoms with E-state index in [1.807, 2.05) is 42.5 Å². The number of carbonyl (C=O) groups is 1. The quantitative estimate of drug-likeness (QED) is 0.803. The van der Waals surface area contributed by atoms with Crippen LogP contribution in [-0.2, 0) is 11.2 Å². The first-order valence-electron chi connectivity index (χ1n) is 7.04. The summed E-state index contributed by atoms with van der Waals surface area (Å²) in [5.41, 5.74) is 2.26. The van der Waals surface area contributed by atoms with Crippen molar-refractivity contribution in [2.45, 2.75) is 12.8 Å². The smallest absolute Gasteiger partial charge is 0.221 e. The Morgan fingerprint density at radius 2 is 1.67 bits per heavy atom. The van der Waals surface area contributed by atoms with E-state index in [0.717, 1.165) is 16.6 Å². The van der Waals surface area contributed by atoms with Gasteiger partial charge in [-0.25, -0.2) is 0 Å². The van der Waals surface area contributed by atoms with Crippen molar-refractivity contribution in [1.29, 1.82) is 0 Å². The van der Waals surface area contributed by atoms with Crippen LogP contribution in [0.3, 0.4) is 0 Å². The van der Waals surface area contributed by atoms with Gasteiger partial charge in [0.25, 0.3) is 0 Å². The van der Waals surface area contributed by atoms with E-state index in [4.69, 9.17) is 0 Å². The first kappa shape index (κ1) is 15.6. The maximum Gasteiger partial charge on any atom is 0.221 e. The Labute approximate surface area is 133 Å². The fraction of sp³-hybridized carbons (Fsp3) is 0.235. The van der Waals surface area contributed by atoms with Crippen molar-refractivity contribution < 1.29 is 4.79 Å². The fourth-order valence-electron chi connectivity index (χ4n) is 1.97. The predicted molar refractivity (Wildman–Crippen MR) is 90.4 cm³/mol. The molecule has 0 aliphatic rings. The van der Waals surface area contributed by atoms with E-state index in [-0.39, 0.29) is 5.91 Å². The number of hydrogen-bond acceptors (Lipinski definition) is 2. The molecule has 0 saturated heterocycles. The molecule has 110 valence electrons. The van der Waals surface area contributed by atoms with Crippen LogP contribution < -0.4 is 10.6 Å². The zero-order valence-corrected chi connectivity index (χ0v) is 13.4. The van der Waals surface area contributed by atoms with Gasteiger partial charge in [-0.2, -0.15) is 0 Å². The number of hydrogen-bond donors (Lipinski definition) is 2. The van der Waals surface area contributed by atoms with Gasteiger partial charge in [0, 0.05) is 29.7 Å². The molecule has 2 N–H and O–H groups in total. The van der Waals surface area contributed by atoms with E-state index in [2.05, 4.69) is 38.7 Å². The Balaban J connectivity index is 1.60. The molecular formula is C17H19BrN2O. The number of amides is 1. The second-order valence-electron chi connectivity index (χ2n) is 4.77. The monoisotopic (exact) mass is 346 g/mol. The van der Waals surface area contributed by atoms with Gasteiger partial charge in [0.05, 0.1) is 0 Å². The molecule has 2 aromatic carbocycles. The van der Waals surface area contributed by atoms with Crippen LogP contribution in [0.2, 0.25) is 0 Å². The number of carbonyl (C=O) groups excluding carboxylic acids is 1. The third-order valence-corrected chi connectivity index (χ3v) is 3.63. The van der Waals surface area contributed by atoms with Crippen molar-refractivity contribution in [3.05, 3.63) is 64.6 Å². The summed E-state index contributed by atoms with van der Waals surface area (Å²) >= 11 is 3.39. The third-order valence-electron chi connectivity index (χ3n) is 3.10. The van der Waals surface area contributed by atoms with Crippen LogP contribution >= 0.6 is 15.9 Å². The molecular weight excluding hydrogens is 328 g/mol. The molecule has 2 rings (SSSR count). The molecule has 0 aliphatic heterocycles. The summed E-state index contributed by atoms with van der Waals surface area (Å²) in [6, 6.07) is 18.1. The van der Waals surface area contributed by atoms with E-state index in [1.54, 1.807) is 0 Å². The van der Waals surface area contributed by atoms with Gasteiger partial charge in [-0.1, -0.05) is 46.3 Å². The lowest BCUT2D eigenvalue weighted by atomic mass is 10.1. The van der Waals surface area contributed by atoms with E-state index in [0.29, 0.717) is 19.5 Å². The number of anilines is 1. The number of nitrogens with one attached hydrogen (secondary N) is 2. The number of halogens is 1. The average molecular weight is 347 g/mol. The zero-order valence-electron chi connectivity index (χ0n) is 11.8. The maximum atomic E-state index is 11.7. The molecule has 21 heavy (non-hydrogen) atoms. The largest absolute Gasteiger partial charge is 0.385 e. The summed E-state index contributed by atoms with van der Waals surface area (Å²) in [6.45, 7) is 1.32. The lowest BCUT2D eigenvalue weighted by Crippen LogP contribution is -2.27. The fourth-order valence-corrected chi connectivity index (χ4v) is 2.23. The molecule has 4 heteroatoms. The Bertz CT molecular complexity index is 555. The molecule has 0 bridgehead atoms. The minimum absolute atomic E-state index is 0.0792. The zero-order chi connectivity index (χ0) is 14.9. The van der Waals surface area contributed by atoms with Gasteiger partial charge in [0.15, 0.2) is 0 Å². The molecule has 0 spiro atoms. The van der Waals surface area contributed by atoms with Crippen LogP contribution in [0.25, 0.3) is 0 Å². The molecule has 0 saturated carbocycles. The van der Waals surface area contributed by atoms with Gasteiger partial charge in [-0.05, 0) is 36.2 Å². The average Bonchev–Trinajstić information content (AvgIpc) is 2.50. The van der Waals surface area contributed by atoms with Gasteiger partial charge < -0.3 is 10.6 Å². The molecule has 0 heterocycles. The molecule has 0 unspecified atom stereocenters. The first-order valence-corrected chi connectivity index (χ1v) is 7.83. The highest BCUT2D eigenvalue weighted by Gasteiger charge is 2.01. The maximum absolute atomic E-state index is 11.7. The van der Waals surface area contributed by atoms with E-state index < -0.39 is 0 Å². The molecule has 0 fully saturated rings. The Hall–Kier alpha value is -1.81. The van der Waals surface area contributed by atoms with Crippen molar-refractivity contribution in [2.75, 3.05) is 18.4 Å². The predicted octanol–water partition coefficient (Wildman–Crippen LogP) is 3.61. The van der Waals surface area contributed by atoms with Crippen molar-refractivity contribution in [3.63, 3.8) is 0 Å². The summed E-state index contributed by atoms with van der Waals surface area (Å²) < 4.78 is 1.05. The summed E-state index contributed by atoms with van der Waals surface area (Å²) in [7, 11) is 0. The lowest BCUT2D eigenvalue weighted by Gasteiger charge is -2.07. The van der Waals surface area contributed by atoms with Crippen LogP contribution in [0.5, 0.6) is 0 Å². The van der Waals surface area contributed by atoms with Crippen molar-refractivity contribution in [3.8, 4) is 0 Å². The highest BCUT2D eigenvalue weighted by Crippen LogP contribution is 2.13. The van der Waals surface area contributed by atoms with Crippen LogP contribution in [-0.4, -0.2) is 19.0 Å². The summed E-state index contributed by atoms with van der Waals surface area (Å²) in [6.07, 6.45) is 1.34. The molecule has 1 amide bonds. The molecule has 3 nitrogen and oxygen atoms in total. The molecule has 0 atom stereocenters. The minimum Gasteiger partial charge on any atom is -0.385 e. The third kappa shape index (κ3) is 6.00. The Kier molecular flexibility index (Phi) is 6.28. The van der Waals surface area contributed by atoms with E-state index in [1.165, 1.54) is 5.56 Å². The molecule has 0 aromatic heterocycles. The molecule has 0 aliphatic carbocycles. The topological polar surface area (TPSA) is 41.1 Å². The van der Waals surface area contributed by atoms with Crippen molar-refractivity contribution >= 4 is 27.5 Å². The molecule has 0 radical (unpaired) electrons. The summed E-state index contributed by atoms with van der Waals surface area (Å²) in [4.78, 5) is 11.7. The highest BCUT2D eigenvalue weighted by atomic mass is 79.9. The van der Waals surface area contributed by atoms with Gasteiger partial charge in [0.1, 0.15) is 0 Å². The van der Waals surface area contributed by atoms with Gasteiger partial charge in [-0.15, -0.1) is 0 Å². The van der Waals surface area contributed by atoms with Crippen molar-refractivity contribution in [2.24, 2.45) is 0 Å². The normalized spacial score (nSPS) is 10.1. The second-order valence-corrected chi connectivity index (χ2v) is 5.68. The van der Waals surface area contributed by atoms with Gasteiger partial charge in [-0.3, -0.25) is 4.79 Å². The van der Waals surface area contributed by atoms with Crippen LogP contribution in [0.15, 0.2) is 59.1 Å². The second kappa shape index (κ2) is 8.47. The van der Waals surface area contributed by atoms with E-state index >= 15 is 0 Å². The Morgan fingerprint density at radius 1 is 0.952 bits per heavy atom. The Morgan fingerprint density at radius 3 is 2.38 bits per heavy atom. The van der Waals surface area contributed by atoms with Crippen LogP contribution in [0, 0.1) is 0 Å². The summed E-state index contributed by atoms with van der Waals surface area (Å²) in [5.74, 6) is 0.0792. The molecule has 2 aromatic rings. The number of benzene rings is 2. The van der Waals surface area contributed by atoms with Gasteiger partial charge >= 0.3 is 0 Å². The summed E-state index contributed by atoms with van der Waals surface area (Å²) in [5, 5.41) is 6.17. The van der Waals surface area contributed by atoms with Crippen LogP contribution in [0.1, 0.15) is 12.0 Å². The SMILES string of the molecule is O=C(CCNc1ccc(Br)cc1)NCCc1ccccc1. The number of rotatable bonds is 7. The van der Waals surface area contributed by atoms with Crippen molar-refractivity contribution in [1.82, 2.24) is 5.32 Å². The minimum atomic E-state index is 0.0792. The first-order chi connectivity index (χ1) is 10.2. The van der Waals surface area contributed by atoms with Crippen LogP contribution in [0.4, 0.5) is 5.69 Å².